The monoisotopic (exact) mass is 567 g/mol. The number of carboxylic acid groups (broad SMARTS) is 1. The number of carbonyl (C=O) groups is 3. The minimum atomic E-state index is -1.22. The number of amides is 2. The van der Waals surface area contributed by atoms with Gasteiger partial charge in [0.15, 0.2) is 5.13 Å². The Bertz CT molecular complexity index is 1460. The molecule has 5 heterocycles. The first-order chi connectivity index (χ1) is 17.8. The quantitative estimate of drug-likeness (QED) is 0.107. The molecule has 2 aliphatic rings. The minimum absolute atomic E-state index is 0.0783. The number of nitrogens with zero attached hydrogens (tertiary/aromatic N) is 6. The van der Waals surface area contributed by atoms with Gasteiger partial charge in [0.05, 0.1) is 0 Å². The highest BCUT2D eigenvalue weighted by Crippen LogP contribution is 2.40. The Kier molecular flexibility index (Phi) is 6.82. The Hall–Kier alpha value is -3.57. The molecule has 0 saturated carbocycles. The van der Waals surface area contributed by atoms with Crippen LogP contribution in [-0.2, 0) is 25.8 Å². The highest BCUT2D eigenvalue weighted by Gasteiger charge is 2.54. The topological polar surface area (TPSA) is 168 Å². The second kappa shape index (κ2) is 10.1. The predicted molar refractivity (Wildman–Crippen MR) is 133 cm³/mol. The van der Waals surface area contributed by atoms with Crippen LogP contribution in [0.3, 0.4) is 0 Å². The second-order valence-electron chi connectivity index (χ2n) is 8.04. The van der Waals surface area contributed by atoms with Crippen molar-refractivity contribution in [2.24, 2.45) is 5.16 Å². The van der Waals surface area contributed by atoms with E-state index in [1.165, 1.54) is 16.7 Å². The van der Waals surface area contributed by atoms with Gasteiger partial charge in [-0.05, 0) is 6.92 Å². The zero-order chi connectivity index (χ0) is 26.3. The van der Waals surface area contributed by atoms with E-state index in [2.05, 4.69) is 19.8 Å². The third kappa shape index (κ3) is 4.64. The van der Waals surface area contributed by atoms with Crippen molar-refractivity contribution in [3.8, 4) is 0 Å². The number of nitrogen functional groups attached to an aromatic ring is 1. The van der Waals surface area contributed by atoms with E-state index in [9.17, 15) is 23.9 Å². The van der Waals surface area contributed by atoms with Crippen LogP contribution in [-0.4, -0.2) is 77.7 Å². The van der Waals surface area contributed by atoms with Crippen molar-refractivity contribution in [1.29, 1.82) is 0 Å². The molecule has 37 heavy (non-hydrogen) atoms. The van der Waals surface area contributed by atoms with Crippen LogP contribution in [0.25, 0.3) is 4.83 Å². The third-order valence-corrected chi connectivity index (χ3v) is 8.50. The van der Waals surface area contributed by atoms with Crippen molar-refractivity contribution in [1.82, 2.24) is 24.0 Å². The largest absolute Gasteiger partial charge is 0.477 e. The minimum Gasteiger partial charge on any atom is -0.477 e. The Morgan fingerprint density at radius 1 is 1.46 bits per heavy atom. The lowest BCUT2D eigenvalue weighted by molar-refractivity contribution is -0.687. The predicted octanol–water partition coefficient (Wildman–Crippen LogP) is 0.159. The van der Waals surface area contributed by atoms with Gasteiger partial charge in [-0.2, -0.15) is 13.8 Å². The number of halogens is 1. The summed E-state index contributed by atoms with van der Waals surface area (Å²) >= 11 is 3.75. The van der Waals surface area contributed by atoms with Crippen molar-refractivity contribution >= 4 is 68.1 Å². The number of carbonyl (C=O) groups excluding carboxylic acids is 2. The number of alkyl halides is 1. The van der Waals surface area contributed by atoms with Gasteiger partial charge in [-0.3, -0.25) is 14.5 Å². The number of thiazole rings is 1. The number of aryl methyl sites for hydroxylation is 1. The first-order valence-electron chi connectivity index (χ1n) is 10.8. The lowest BCUT2D eigenvalue weighted by Crippen LogP contribution is -2.71. The van der Waals surface area contributed by atoms with E-state index in [-0.39, 0.29) is 22.4 Å². The SMILES string of the molecule is Cc1csc2c[n+](CC3=C(C(=O)O)N4C(=O)[C@@H](NC(=O)/C(=N\OCCF)c5nsc(N)n5)[C@H]4SC3)cn12. The number of hydrogen-bond acceptors (Lipinski definition) is 11. The van der Waals surface area contributed by atoms with Crippen LogP contribution in [0.15, 0.2) is 34.3 Å². The number of oxime groups is 1. The standard InChI is InChI=1S/C20H19FN8O5S3/c1-9-6-35-11-5-27(8-28(9)11)4-10-7-36-18-13(17(31)29(18)14(10)19(32)33)23-16(30)12(25-34-3-2-21)15-24-20(22)37-26-15/h5-6,8,13,18H,2-4,7H2,1H3,(H3-,22,23,24,26,30,32,33)/p+1/b25-12-/t13-,18-/m1/s1. The first-order valence-corrected chi connectivity index (χ1v) is 13.5. The molecule has 5 rings (SSSR count). The van der Waals surface area contributed by atoms with Gasteiger partial charge in [0.25, 0.3) is 11.8 Å². The van der Waals surface area contributed by atoms with Crippen molar-refractivity contribution in [3.05, 3.63) is 40.7 Å². The summed E-state index contributed by atoms with van der Waals surface area (Å²) in [5.74, 6) is -2.41. The Labute approximate surface area is 220 Å². The maximum Gasteiger partial charge on any atom is 0.352 e. The van der Waals surface area contributed by atoms with Gasteiger partial charge in [-0.1, -0.05) is 16.5 Å². The fraction of sp³-hybridized carbons (Fsp3) is 0.350. The van der Waals surface area contributed by atoms with Crippen molar-refractivity contribution in [2.75, 3.05) is 24.8 Å². The van der Waals surface area contributed by atoms with E-state index >= 15 is 0 Å². The Morgan fingerprint density at radius 3 is 2.95 bits per heavy atom. The molecule has 0 radical (unpaired) electrons. The fourth-order valence-electron chi connectivity index (χ4n) is 3.98. The van der Waals surface area contributed by atoms with Gasteiger partial charge in [0, 0.05) is 28.2 Å². The third-order valence-electron chi connectivity index (χ3n) is 5.61. The second-order valence-corrected chi connectivity index (χ2v) is 10.8. The average Bonchev–Trinajstić information content (AvgIpc) is 3.57. The molecular weight excluding hydrogens is 547 g/mol. The zero-order valence-electron chi connectivity index (χ0n) is 19.2. The number of hydrogen-bond donors (Lipinski definition) is 3. The van der Waals surface area contributed by atoms with Crippen molar-refractivity contribution in [2.45, 2.75) is 24.9 Å². The maximum atomic E-state index is 13.0. The van der Waals surface area contributed by atoms with Crippen LogP contribution < -0.4 is 15.6 Å². The molecule has 2 atom stereocenters. The summed E-state index contributed by atoms with van der Waals surface area (Å²) in [5, 5.41) is 17.6. The number of aromatic nitrogens is 4. The van der Waals surface area contributed by atoms with Crippen LogP contribution in [0, 0.1) is 6.92 Å². The summed E-state index contributed by atoms with van der Waals surface area (Å²) in [6.45, 7) is 1.06. The van der Waals surface area contributed by atoms with Crippen LogP contribution in [0.2, 0.25) is 0 Å². The number of fused-ring (bicyclic) bond motifs is 2. The van der Waals surface area contributed by atoms with Gasteiger partial charge >= 0.3 is 5.97 Å². The van der Waals surface area contributed by atoms with Gasteiger partial charge in [0.2, 0.25) is 22.7 Å². The molecule has 0 aliphatic carbocycles. The molecule has 1 fully saturated rings. The molecule has 0 spiro atoms. The molecule has 2 amide bonds. The molecular formula is C20H20FN8O5S3+. The van der Waals surface area contributed by atoms with Crippen LogP contribution in [0.5, 0.6) is 0 Å². The number of rotatable bonds is 9. The molecule has 1 saturated heterocycles. The first kappa shape index (κ1) is 25.1. The normalized spacial score (nSPS) is 19.7. The van der Waals surface area contributed by atoms with E-state index in [1.54, 1.807) is 11.3 Å². The molecule has 0 unspecified atom stereocenters. The molecule has 3 aromatic rings. The highest BCUT2D eigenvalue weighted by molar-refractivity contribution is 8.00. The summed E-state index contributed by atoms with van der Waals surface area (Å²) < 4.78 is 20.2. The van der Waals surface area contributed by atoms with Gasteiger partial charge in [-0.25, -0.2) is 13.8 Å². The number of thioether (sulfide) groups is 1. The summed E-state index contributed by atoms with van der Waals surface area (Å²) in [4.78, 5) is 49.0. The van der Waals surface area contributed by atoms with Gasteiger partial charge < -0.3 is 21.0 Å². The van der Waals surface area contributed by atoms with E-state index in [4.69, 9.17) is 10.6 Å². The van der Waals surface area contributed by atoms with E-state index < -0.39 is 42.5 Å². The van der Waals surface area contributed by atoms with Crippen molar-refractivity contribution < 1.29 is 33.3 Å². The van der Waals surface area contributed by atoms with E-state index in [1.807, 2.05) is 33.8 Å². The summed E-state index contributed by atoms with van der Waals surface area (Å²) in [6.07, 6.45) is 3.81. The smallest absolute Gasteiger partial charge is 0.352 e. The number of β-lactam (4-membered cyclic amide) rings is 1. The number of anilines is 1. The number of nitrogens with one attached hydrogen (secondary N) is 1. The molecule has 0 aromatic carbocycles. The molecule has 3 aromatic heterocycles. The fourth-order valence-corrected chi connectivity index (χ4v) is 6.65. The lowest BCUT2D eigenvalue weighted by Gasteiger charge is -2.49. The lowest BCUT2D eigenvalue weighted by atomic mass is 10.0. The van der Waals surface area contributed by atoms with Crippen LogP contribution in [0.1, 0.15) is 11.5 Å². The van der Waals surface area contributed by atoms with Crippen molar-refractivity contribution in [3.63, 3.8) is 0 Å². The maximum absolute atomic E-state index is 13.0. The molecule has 4 N–H and O–H groups in total. The molecule has 194 valence electrons. The van der Waals surface area contributed by atoms with Crippen LogP contribution >= 0.6 is 34.6 Å². The van der Waals surface area contributed by atoms with E-state index in [0.29, 0.717) is 17.9 Å². The van der Waals surface area contributed by atoms with Crippen LogP contribution in [0.4, 0.5) is 9.52 Å². The zero-order valence-corrected chi connectivity index (χ0v) is 21.6. The summed E-state index contributed by atoms with van der Waals surface area (Å²) in [5.41, 5.74) is 6.77. The average molecular weight is 568 g/mol. The number of nitrogens with two attached hydrogens (primary N) is 1. The number of imidazole rings is 1. The number of carboxylic acids is 1. The van der Waals surface area contributed by atoms with Gasteiger partial charge in [0.1, 0.15) is 48.8 Å². The Balaban J connectivity index is 1.34. The number of aliphatic carboxylic acids is 1. The van der Waals surface area contributed by atoms with Gasteiger partial charge in [-0.15, -0.1) is 11.8 Å². The molecule has 2 aliphatic heterocycles. The highest BCUT2D eigenvalue weighted by atomic mass is 32.2. The molecule has 17 heteroatoms. The Morgan fingerprint density at radius 2 is 2.27 bits per heavy atom. The molecule has 0 bridgehead atoms. The molecule has 13 nitrogen and oxygen atoms in total. The summed E-state index contributed by atoms with van der Waals surface area (Å²) in [6, 6.07) is -1.01. The van der Waals surface area contributed by atoms with E-state index in [0.717, 1.165) is 22.1 Å². The summed E-state index contributed by atoms with van der Waals surface area (Å²) in [7, 11) is 0.